The number of hydrogen-bond donors (Lipinski definition) is 0. The fourth-order valence-electron chi connectivity index (χ4n) is 4.72. The van der Waals surface area contributed by atoms with Gasteiger partial charge in [-0.05, 0) is 39.0 Å². The van der Waals surface area contributed by atoms with Gasteiger partial charge >= 0.3 is 0 Å². The van der Waals surface area contributed by atoms with E-state index in [0.717, 1.165) is 30.8 Å². The van der Waals surface area contributed by atoms with Crippen molar-refractivity contribution in [3.63, 3.8) is 0 Å². The van der Waals surface area contributed by atoms with Gasteiger partial charge in [0.2, 0.25) is 15.9 Å². The Morgan fingerprint density at radius 2 is 1.70 bits per heavy atom. The number of likely N-dealkylation sites (tertiary alicyclic amines) is 1. The highest BCUT2D eigenvalue weighted by Gasteiger charge is 2.42. The molecule has 8 nitrogen and oxygen atoms in total. The van der Waals surface area contributed by atoms with E-state index in [0.29, 0.717) is 45.6 Å². The SMILES string of the molecule is Cc1cc(N2CCC(N3CCC(S(=O)(=O)N4CCCC4)CC3)C2=O)n(C)n1. The fraction of sp³-hybridized carbons (Fsp3) is 0.778. The number of aromatic nitrogens is 2. The molecule has 4 rings (SSSR count). The van der Waals surface area contributed by atoms with E-state index in [1.807, 2.05) is 24.9 Å². The number of piperidine rings is 1. The van der Waals surface area contributed by atoms with Gasteiger partial charge < -0.3 is 0 Å². The molecule has 0 aromatic carbocycles. The van der Waals surface area contributed by atoms with Gasteiger partial charge in [0.25, 0.3) is 0 Å². The summed E-state index contributed by atoms with van der Waals surface area (Å²) in [4.78, 5) is 17.0. The van der Waals surface area contributed by atoms with Crippen LogP contribution in [0.3, 0.4) is 0 Å². The maximum atomic E-state index is 13.0. The first-order chi connectivity index (χ1) is 12.9. The summed E-state index contributed by atoms with van der Waals surface area (Å²) in [5.41, 5.74) is 0.900. The van der Waals surface area contributed by atoms with Crippen molar-refractivity contribution in [1.82, 2.24) is 19.0 Å². The number of hydrogen-bond acceptors (Lipinski definition) is 5. The lowest BCUT2D eigenvalue weighted by molar-refractivity contribution is -0.122. The molecule has 1 aromatic heterocycles. The lowest BCUT2D eigenvalue weighted by Crippen LogP contribution is -2.50. The summed E-state index contributed by atoms with van der Waals surface area (Å²) in [6, 6.07) is 1.80. The zero-order valence-corrected chi connectivity index (χ0v) is 17.0. The smallest absolute Gasteiger partial charge is 0.245 e. The van der Waals surface area contributed by atoms with Gasteiger partial charge in [-0.2, -0.15) is 5.10 Å². The van der Waals surface area contributed by atoms with E-state index in [1.54, 1.807) is 8.99 Å². The normalized spacial score (nSPS) is 26.4. The third-order valence-corrected chi connectivity index (χ3v) is 8.59. The van der Waals surface area contributed by atoms with Crippen LogP contribution in [0.5, 0.6) is 0 Å². The molecule has 0 bridgehead atoms. The Morgan fingerprint density at radius 1 is 1.04 bits per heavy atom. The predicted molar refractivity (Wildman–Crippen MR) is 103 cm³/mol. The van der Waals surface area contributed by atoms with Gasteiger partial charge in [-0.3, -0.25) is 19.3 Å². The Labute approximate surface area is 161 Å². The van der Waals surface area contributed by atoms with Crippen LogP contribution >= 0.6 is 0 Å². The topological polar surface area (TPSA) is 78.8 Å². The number of anilines is 1. The molecular formula is C18H29N5O3S. The maximum absolute atomic E-state index is 13.0. The minimum Gasteiger partial charge on any atom is -0.296 e. The van der Waals surface area contributed by atoms with Crippen molar-refractivity contribution in [2.75, 3.05) is 37.6 Å². The van der Waals surface area contributed by atoms with Crippen LogP contribution in [0.1, 0.15) is 37.8 Å². The van der Waals surface area contributed by atoms with Crippen molar-refractivity contribution in [3.05, 3.63) is 11.8 Å². The fourth-order valence-corrected chi connectivity index (χ4v) is 6.71. The highest BCUT2D eigenvalue weighted by Crippen LogP contribution is 2.29. The molecule has 0 radical (unpaired) electrons. The van der Waals surface area contributed by atoms with Crippen molar-refractivity contribution in [2.24, 2.45) is 7.05 Å². The second-order valence-corrected chi connectivity index (χ2v) is 10.2. The molecule has 0 aliphatic carbocycles. The van der Waals surface area contributed by atoms with E-state index < -0.39 is 10.0 Å². The van der Waals surface area contributed by atoms with Crippen LogP contribution in [0.25, 0.3) is 0 Å². The Morgan fingerprint density at radius 3 is 2.30 bits per heavy atom. The Bertz CT molecular complexity index is 807. The van der Waals surface area contributed by atoms with Gasteiger partial charge in [0.15, 0.2) is 0 Å². The summed E-state index contributed by atoms with van der Waals surface area (Å²) in [6.07, 6.45) is 3.96. The molecule has 1 amide bonds. The molecule has 4 heterocycles. The monoisotopic (exact) mass is 395 g/mol. The Kier molecular flexibility index (Phi) is 5.02. The molecule has 9 heteroatoms. The number of carbonyl (C=O) groups is 1. The molecule has 1 aromatic rings. The molecule has 150 valence electrons. The van der Waals surface area contributed by atoms with Crippen LogP contribution in [0.4, 0.5) is 5.82 Å². The highest BCUT2D eigenvalue weighted by molar-refractivity contribution is 7.89. The molecule has 0 N–H and O–H groups in total. The van der Waals surface area contributed by atoms with Crippen molar-refractivity contribution in [2.45, 2.75) is 50.3 Å². The van der Waals surface area contributed by atoms with Crippen LogP contribution in [-0.4, -0.2) is 77.3 Å². The number of amides is 1. The van der Waals surface area contributed by atoms with Gasteiger partial charge in [0, 0.05) is 45.8 Å². The first-order valence-corrected chi connectivity index (χ1v) is 11.4. The lowest BCUT2D eigenvalue weighted by atomic mass is 10.1. The summed E-state index contributed by atoms with van der Waals surface area (Å²) >= 11 is 0. The van der Waals surface area contributed by atoms with Crippen molar-refractivity contribution in [1.29, 1.82) is 0 Å². The molecular weight excluding hydrogens is 366 g/mol. The van der Waals surface area contributed by atoms with Gasteiger partial charge in [-0.1, -0.05) is 0 Å². The number of aryl methyl sites for hydroxylation is 2. The van der Waals surface area contributed by atoms with Crippen LogP contribution in [0.15, 0.2) is 6.07 Å². The molecule has 3 saturated heterocycles. The molecule has 1 atom stereocenters. The number of carbonyl (C=O) groups excluding carboxylic acids is 1. The lowest BCUT2D eigenvalue weighted by Gasteiger charge is -2.36. The quantitative estimate of drug-likeness (QED) is 0.751. The zero-order chi connectivity index (χ0) is 19.2. The highest BCUT2D eigenvalue weighted by atomic mass is 32.2. The third-order valence-electron chi connectivity index (χ3n) is 6.19. The molecule has 3 aliphatic rings. The predicted octanol–water partition coefficient (Wildman–Crippen LogP) is 0.724. The summed E-state index contributed by atoms with van der Waals surface area (Å²) in [7, 11) is -1.32. The van der Waals surface area contributed by atoms with Gasteiger partial charge in [-0.15, -0.1) is 0 Å². The van der Waals surface area contributed by atoms with E-state index in [-0.39, 0.29) is 17.2 Å². The minimum absolute atomic E-state index is 0.110. The Hall–Kier alpha value is -1.45. The molecule has 3 aliphatic heterocycles. The largest absolute Gasteiger partial charge is 0.296 e. The van der Waals surface area contributed by atoms with Crippen molar-refractivity contribution < 1.29 is 13.2 Å². The van der Waals surface area contributed by atoms with E-state index in [9.17, 15) is 13.2 Å². The van der Waals surface area contributed by atoms with Crippen LogP contribution in [0, 0.1) is 6.92 Å². The third kappa shape index (κ3) is 3.40. The first-order valence-electron chi connectivity index (χ1n) is 9.93. The number of rotatable bonds is 4. The van der Waals surface area contributed by atoms with Crippen LogP contribution < -0.4 is 4.90 Å². The molecule has 3 fully saturated rings. The van der Waals surface area contributed by atoms with Gasteiger partial charge in [0.1, 0.15) is 5.82 Å². The minimum atomic E-state index is -3.18. The van der Waals surface area contributed by atoms with Gasteiger partial charge in [-0.25, -0.2) is 12.7 Å². The molecule has 0 saturated carbocycles. The first kappa shape index (κ1) is 18.9. The Balaban J connectivity index is 1.39. The maximum Gasteiger partial charge on any atom is 0.245 e. The van der Waals surface area contributed by atoms with Gasteiger partial charge in [0.05, 0.1) is 17.0 Å². The summed E-state index contributed by atoms with van der Waals surface area (Å²) in [5, 5.41) is 4.05. The standard InChI is InChI=1S/C18H29N5O3S/c1-14-13-17(20(2)19-14)23-12-7-16(18(23)24)21-10-5-15(6-11-21)27(25,26)22-8-3-4-9-22/h13,15-16H,3-12H2,1-2H3. The molecule has 27 heavy (non-hydrogen) atoms. The second kappa shape index (κ2) is 7.18. The second-order valence-electron chi connectivity index (χ2n) is 7.95. The average molecular weight is 396 g/mol. The van der Waals surface area contributed by atoms with E-state index in [2.05, 4.69) is 10.00 Å². The average Bonchev–Trinajstić information content (AvgIpc) is 3.36. The van der Waals surface area contributed by atoms with E-state index >= 15 is 0 Å². The molecule has 1 unspecified atom stereocenters. The van der Waals surface area contributed by atoms with Crippen molar-refractivity contribution >= 4 is 21.7 Å². The van der Waals surface area contributed by atoms with E-state index in [4.69, 9.17) is 0 Å². The zero-order valence-electron chi connectivity index (χ0n) is 16.2. The molecule has 0 spiro atoms. The van der Waals surface area contributed by atoms with E-state index in [1.165, 1.54) is 0 Å². The number of nitrogens with zero attached hydrogens (tertiary/aromatic N) is 5. The van der Waals surface area contributed by atoms with Crippen LogP contribution in [-0.2, 0) is 21.9 Å². The number of sulfonamides is 1. The summed E-state index contributed by atoms with van der Waals surface area (Å²) in [5.74, 6) is 0.949. The summed E-state index contributed by atoms with van der Waals surface area (Å²) < 4.78 is 29.0. The van der Waals surface area contributed by atoms with Crippen molar-refractivity contribution in [3.8, 4) is 0 Å². The van der Waals surface area contributed by atoms with Crippen LogP contribution in [0.2, 0.25) is 0 Å². The summed E-state index contributed by atoms with van der Waals surface area (Å²) in [6.45, 7) is 5.30.